The summed E-state index contributed by atoms with van der Waals surface area (Å²) in [7, 11) is 0. The van der Waals surface area contributed by atoms with Gasteiger partial charge in [0.2, 0.25) is 11.7 Å². The quantitative estimate of drug-likeness (QED) is 0.863. The Morgan fingerprint density at radius 3 is 2.38 bits per heavy atom. The first kappa shape index (κ1) is 16.6. The number of aromatic carboxylic acids is 1. The lowest BCUT2D eigenvalue weighted by molar-refractivity contribution is -0.126. The fourth-order valence-corrected chi connectivity index (χ4v) is 3.44. The van der Waals surface area contributed by atoms with E-state index in [1.165, 1.54) is 6.07 Å². The van der Waals surface area contributed by atoms with Gasteiger partial charge < -0.3 is 14.8 Å². The molecule has 0 atom stereocenters. The van der Waals surface area contributed by atoms with E-state index in [1.54, 1.807) is 18.2 Å². The summed E-state index contributed by atoms with van der Waals surface area (Å²) in [4.78, 5) is 23.7. The molecule has 0 radical (unpaired) electrons. The molecule has 1 amide bonds. The van der Waals surface area contributed by atoms with E-state index in [9.17, 15) is 9.59 Å². The van der Waals surface area contributed by atoms with Crippen LogP contribution in [0.4, 0.5) is 0 Å². The van der Waals surface area contributed by atoms with E-state index in [-0.39, 0.29) is 18.2 Å². The Bertz CT molecular complexity index is 745. The maximum Gasteiger partial charge on any atom is 0.371 e. The number of halogens is 1. The van der Waals surface area contributed by atoms with E-state index in [1.807, 2.05) is 12.1 Å². The molecule has 0 saturated heterocycles. The predicted octanol–water partition coefficient (Wildman–Crippen LogP) is 3.76. The van der Waals surface area contributed by atoms with Gasteiger partial charge in [-0.15, -0.1) is 0 Å². The summed E-state index contributed by atoms with van der Waals surface area (Å²) in [6.45, 7) is 0.168. The lowest BCUT2D eigenvalue weighted by Gasteiger charge is -2.28. The average Bonchev–Trinajstić information content (AvgIpc) is 3.23. The molecule has 126 valence electrons. The van der Waals surface area contributed by atoms with Gasteiger partial charge in [0.15, 0.2) is 0 Å². The second kappa shape index (κ2) is 6.69. The van der Waals surface area contributed by atoms with E-state index in [0.29, 0.717) is 10.8 Å². The predicted molar refractivity (Wildman–Crippen MR) is 89.1 cm³/mol. The first-order valence-corrected chi connectivity index (χ1v) is 8.25. The van der Waals surface area contributed by atoms with Crippen LogP contribution in [-0.2, 0) is 16.8 Å². The zero-order chi connectivity index (χ0) is 17.2. The summed E-state index contributed by atoms with van der Waals surface area (Å²) in [5.41, 5.74) is 0.417. The van der Waals surface area contributed by atoms with Crippen LogP contribution in [-0.4, -0.2) is 17.0 Å². The van der Waals surface area contributed by atoms with E-state index in [0.717, 1.165) is 31.2 Å². The molecule has 0 aliphatic heterocycles. The van der Waals surface area contributed by atoms with Crippen LogP contribution in [0, 0.1) is 0 Å². The highest BCUT2D eigenvalue weighted by molar-refractivity contribution is 6.30. The van der Waals surface area contributed by atoms with E-state index >= 15 is 0 Å². The zero-order valence-electron chi connectivity index (χ0n) is 13.0. The summed E-state index contributed by atoms with van der Waals surface area (Å²) in [5, 5.41) is 12.4. The first-order valence-electron chi connectivity index (χ1n) is 7.88. The molecule has 2 aromatic rings. The Kier molecular flexibility index (Phi) is 4.62. The summed E-state index contributed by atoms with van der Waals surface area (Å²) >= 11 is 5.95. The van der Waals surface area contributed by atoms with Gasteiger partial charge in [0.1, 0.15) is 5.76 Å². The fourth-order valence-electron chi connectivity index (χ4n) is 3.32. The van der Waals surface area contributed by atoms with Gasteiger partial charge in [-0.3, -0.25) is 4.79 Å². The number of carbonyl (C=O) groups excluding carboxylic acids is 1. The second-order valence-electron chi connectivity index (χ2n) is 6.05. The molecule has 24 heavy (non-hydrogen) atoms. The van der Waals surface area contributed by atoms with Gasteiger partial charge in [-0.25, -0.2) is 4.79 Å². The van der Waals surface area contributed by atoms with Crippen LogP contribution in [0.1, 0.15) is 47.6 Å². The van der Waals surface area contributed by atoms with Crippen molar-refractivity contribution in [2.45, 2.75) is 37.6 Å². The molecule has 0 unspecified atom stereocenters. The summed E-state index contributed by atoms with van der Waals surface area (Å²) in [6.07, 6.45) is 3.58. The maximum atomic E-state index is 12.9. The van der Waals surface area contributed by atoms with Crippen molar-refractivity contribution in [2.24, 2.45) is 0 Å². The number of hydrogen-bond acceptors (Lipinski definition) is 3. The third-order valence-electron chi connectivity index (χ3n) is 4.58. The highest BCUT2D eigenvalue weighted by Crippen LogP contribution is 2.41. The molecule has 1 aliphatic rings. The van der Waals surface area contributed by atoms with Crippen LogP contribution in [0.25, 0.3) is 0 Å². The van der Waals surface area contributed by atoms with Crippen LogP contribution in [0.15, 0.2) is 40.8 Å². The summed E-state index contributed by atoms with van der Waals surface area (Å²) < 4.78 is 5.18. The molecule has 3 rings (SSSR count). The first-order chi connectivity index (χ1) is 11.5. The van der Waals surface area contributed by atoms with Crippen molar-refractivity contribution in [1.82, 2.24) is 5.32 Å². The lowest BCUT2D eigenvalue weighted by atomic mass is 9.78. The molecule has 0 bridgehead atoms. The zero-order valence-corrected chi connectivity index (χ0v) is 13.8. The topological polar surface area (TPSA) is 79.5 Å². The fraction of sp³-hybridized carbons (Fsp3) is 0.333. The molecular formula is C18H18ClNO4. The number of rotatable bonds is 5. The smallest absolute Gasteiger partial charge is 0.371 e. The molecular weight excluding hydrogens is 330 g/mol. The molecule has 5 nitrogen and oxygen atoms in total. The van der Waals surface area contributed by atoms with Crippen LogP contribution >= 0.6 is 11.6 Å². The van der Waals surface area contributed by atoms with Crippen molar-refractivity contribution in [1.29, 1.82) is 0 Å². The van der Waals surface area contributed by atoms with Crippen LogP contribution in [0.5, 0.6) is 0 Å². The Morgan fingerprint density at radius 2 is 1.79 bits per heavy atom. The molecule has 1 aliphatic carbocycles. The Morgan fingerprint density at radius 1 is 1.12 bits per heavy atom. The molecule has 1 aromatic carbocycles. The molecule has 1 aromatic heterocycles. The summed E-state index contributed by atoms with van der Waals surface area (Å²) in [6, 6.07) is 10.4. The average molecular weight is 348 g/mol. The van der Waals surface area contributed by atoms with Gasteiger partial charge in [-0.05, 0) is 42.7 Å². The molecule has 0 spiro atoms. The van der Waals surface area contributed by atoms with Crippen molar-refractivity contribution in [3.63, 3.8) is 0 Å². The number of carbonyl (C=O) groups is 2. The monoisotopic (exact) mass is 347 g/mol. The Balaban J connectivity index is 1.75. The van der Waals surface area contributed by atoms with Crippen molar-refractivity contribution < 1.29 is 19.1 Å². The number of furan rings is 1. The minimum Gasteiger partial charge on any atom is -0.475 e. The number of carboxylic acids is 1. The van der Waals surface area contributed by atoms with Crippen LogP contribution < -0.4 is 5.32 Å². The highest BCUT2D eigenvalue weighted by atomic mass is 35.5. The normalized spacial score (nSPS) is 16.0. The molecule has 2 N–H and O–H groups in total. The maximum absolute atomic E-state index is 12.9. The van der Waals surface area contributed by atoms with Gasteiger partial charge in [-0.1, -0.05) is 36.6 Å². The van der Waals surface area contributed by atoms with Crippen LogP contribution in [0.2, 0.25) is 5.02 Å². The van der Waals surface area contributed by atoms with E-state index in [4.69, 9.17) is 21.1 Å². The van der Waals surface area contributed by atoms with Gasteiger partial charge in [0.25, 0.3) is 0 Å². The van der Waals surface area contributed by atoms with Crippen molar-refractivity contribution >= 4 is 23.5 Å². The molecule has 1 fully saturated rings. The molecule has 6 heteroatoms. The number of hydrogen-bond donors (Lipinski definition) is 2. The summed E-state index contributed by atoms with van der Waals surface area (Å²) in [5.74, 6) is -0.894. The molecule has 1 saturated carbocycles. The molecule has 1 heterocycles. The van der Waals surface area contributed by atoms with Crippen molar-refractivity contribution in [3.05, 3.63) is 58.5 Å². The number of amides is 1. The highest BCUT2D eigenvalue weighted by Gasteiger charge is 2.42. The van der Waals surface area contributed by atoms with Crippen molar-refractivity contribution in [2.75, 3.05) is 0 Å². The third kappa shape index (κ3) is 3.17. The van der Waals surface area contributed by atoms with Crippen molar-refractivity contribution in [3.8, 4) is 0 Å². The van der Waals surface area contributed by atoms with Gasteiger partial charge in [0, 0.05) is 5.02 Å². The largest absolute Gasteiger partial charge is 0.475 e. The van der Waals surface area contributed by atoms with Gasteiger partial charge in [0.05, 0.1) is 12.0 Å². The standard InChI is InChI=1S/C18H18ClNO4/c19-13-5-3-12(4-6-13)18(9-1-2-10-18)17(23)20-11-14-7-8-15(24-14)16(21)22/h3-8H,1-2,9-11H2,(H,20,23)(H,21,22). The Hall–Kier alpha value is -2.27. The number of carboxylic acid groups (broad SMARTS) is 1. The Labute approximate surface area is 144 Å². The third-order valence-corrected chi connectivity index (χ3v) is 4.84. The van der Waals surface area contributed by atoms with Gasteiger partial charge >= 0.3 is 5.97 Å². The van der Waals surface area contributed by atoms with Gasteiger partial charge in [-0.2, -0.15) is 0 Å². The van der Waals surface area contributed by atoms with Crippen LogP contribution in [0.3, 0.4) is 0 Å². The minimum absolute atomic E-state index is 0.0596. The van der Waals surface area contributed by atoms with E-state index < -0.39 is 11.4 Å². The second-order valence-corrected chi connectivity index (χ2v) is 6.49. The number of nitrogens with one attached hydrogen (secondary N) is 1. The lowest BCUT2D eigenvalue weighted by Crippen LogP contribution is -2.42. The van der Waals surface area contributed by atoms with E-state index in [2.05, 4.69) is 5.32 Å². The SMILES string of the molecule is O=C(O)c1ccc(CNC(=O)C2(c3ccc(Cl)cc3)CCCC2)o1. The number of benzene rings is 1. The minimum atomic E-state index is -1.12.